The molecule has 1 aromatic carbocycles. The van der Waals surface area contributed by atoms with E-state index in [1.807, 2.05) is 44.2 Å². The standard InChI is InChI=1S/C22H32N2O5/c1-6-15(2)18(20(26)29-22(3,4)5)24-13-12-17(19(24)25)23-21(27)28-14-16-10-8-7-9-11-16/h7-11,15,17-18H,6,12-14H2,1-5H3,(H,23,27)/t15-,17-,18-/m0/s1. The van der Waals surface area contributed by atoms with E-state index in [0.29, 0.717) is 13.0 Å². The number of rotatable bonds is 7. The van der Waals surface area contributed by atoms with E-state index in [2.05, 4.69) is 5.32 Å². The third-order valence-corrected chi connectivity index (χ3v) is 4.91. The smallest absolute Gasteiger partial charge is 0.408 e. The molecule has 3 atom stereocenters. The highest BCUT2D eigenvalue weighted by molar-refractivity contribution is 5.91. The Morgan fingerprint density at radius 1 is 1.24 bits per heavy atom. The van der Waals surface area contributed by atoms with Crippen molar-refractivity contribution in [2.45, 2.75) is 71.8 Å². The molecule has 1 aliphatic rings. The van der Waals surface area contributed by atoms with Gasteiger partial charge in [0, 0.05) is 6.54 Å². The van der Waals surface area contributed by atoms with Crippen molar-refractivity contribution in [1.82, 2.24) is 10.2 Å². The fourth-order valence-electron chi connectivity index (χ4n) is 3.27. The molecule has 1 N–H and O–H groups in total. The number of ether oxygens (including phenoxy) is 2. The molecule has 1 fully saturated rings. The number of amides is 2. The number of hydrogen-bond acceptors (Lipinski definition) is 5. The average Bonchev–Trinajstić information content (AvgIpc) is 3.00. The van der Waals surface area contributed by atoms with E-state index >= 15 is 0 Å². The number of carbonyl (C=O) groups excluding carboxylic acids is 3. The van der Waals surface area contributed by atoms with Crippen LogP contribution in [0.3, 0.4) is 0 Å². The second-order valence-electron chi connectivity index (χ2n) is 8.44. The molecule has 0 spiro atoms. The van der Waals surface area contributed by atoms with E-state index in [1.54, 1.807) is 20.8 Å². The minimum atomic E-state index is -0.702. The van der Waals surface area contributed by atoms with Crippen molar-refractivity contribution < 1.29 is 23.9 Å². The molecular weight excluding hydrogens is 372 g/mol. The van der Waals surface area contributed by atoms with Crippen LogP contribution < -0.4 is 5.32 Å². The highest BCUT2D eigenvalue weighted by atomic mass is 16.6. The summed E-state index contributed by atoms with van der Waals surface area (Å²) in [7, 11) is 0. The first kappa shape index (κ1) is 22.7. The Kier molecular flexibility index (Phi) is 7.65. The number of carbonyl (C=O) groups is 3. The third kappa shape index (κ3) is 6.48. The van der Waals surface area contributed by atoms with Gasteiger partial charge in [-0.1, -0.05) is 50.6 Å². The predicted octanol–water partition coefficient (Wildman–Crippen LogP) is 3.27. The first-order chi connectivity index (χ1) is 13.6. The number of esters is 1. The number of alkyl carbamates (subject to hydrolysis) is 1. The van der Waals surface area contributed by atoms with Crippen LogP contribution in [0.25, 0.3) is 0 Å². The molecule has 0 radical (unpaired) electrons. The summed E-state index contributed by atoms with van der Waals surface area (Å²) in [6, 6.07) is 7.95. The SMILES string of the molecule is CC[C@H](C)[C@@H](C(=O)OC(C)(C)C)N1CC[C@H](NC(=O)OCc2ccccc2)C1=O. The molecule has 1 saturated heterocycles. The molecule has 160 valence electrons. The normalized spacial score (nSPS) is 18.9. The van der Waals surface area contributed by atoms with Crippen LogP contribution in [0.1, 0.15) is 53.0 Å². The van der Waals surface area contributed by atoms with Crippen molar-refractivity contribution in [3.05, 3.63) is 35.9 Å². The second-order valence-corrected chi connectivity index (χ2v) is 8.44. The summed E-state index contributed by atoms with van der Waals surface area (Å²) >= 11 is 0. The fourth-order valence-corrected chi connectivity index (χ4v) is 3.27. The summed E-state index contributed by atoms with van der Waals surface area (Å²) in [6.45, 7) is 9.82. The molecule has 7 nitrogen and oxygen atoms in total. The van der Waals surface area contributed by atoms with Gasteiger partial charge in [-0.2, -0.15) is 0 Å². The molecule has 1 aromatic rings. The Balaban J connectivity index is 1.98. The molecule has 1 aliphatic heterocycles. The molecule has 2 rings (SSSR count). The number of nitrogens with one attached hydrogen (secondary N) is 1. The Bertz CT molecular complexity index is 714. The summed E-state index contributed by atoms with van der Waals surface area (Å²) in [5, 5.41) is 2.62. The lowest BCUT2D eigenvalue weighted by molar-refractivity contribution is -0.166. The van der Waals surface area contributed by atoms with Gasteiger partial charge in [-0.25, -0.2) is 9.59 Å². The molecule has 7 heteroatoms. The summed E-state index contributed by atoms with van der Waals surface area (Å²) < 4.78 is 10.7. The van der Waals surface area contributed by atoms with Crippen molar-refractivity contribution in [2.24, 2.45) is 5.92 Å². The monoisotopic (exact) mass is 404 g/mol. The molecule has 2 amide bonds. The maximum Gasteiger partial charge on any atom is 0.408 e. The first-order valence-corrected chi connectivity index (χ1v) is 10.1. The van der Waals surface area contributed by atoms with Gasteiger partial charge in [0.25, 0.3) is 0 Å². The number of benzene rings is 1. The first-order valence-electron chi connectivity index (χ1n) is 10.1. The zero-order chi connectivity index (χ0) is 21.6. The molecule has 0 unspecified atom stereocenters. The van der Waals surface area contributed by atoms with Crippen LogP contribution >= 0.6 is 0 Å². The van der Waals surface area contributed by atoms with Gasteiger partial charge in [0.2, 0.25) is 5.91 Å². The Morgan fingerprint density at radius 2 is 1.90 bits per heavy atom. The Labute approximate surface area is 172 Å². The third-order valence-electron chi connectivity index (χ3n) is 4.91. The Hall–Kier alpha value is -2.57. The fraction of sp³-hybridized carbons (Fsp3) is 0.591. The maximum absolute atomic E-state index is 12.9. The molecular formula is C22H32N2O5. The minimum Gasteiger partial charge on any atom is -0.458 e. The van der Waals surface area contributed by atoms with Crippen molar-refractivity contribution in [1.29, 1.82) is 0 Å². The lowest BCUT2D eigenvalue weighted by Crippen LogP contribution is -2.51. The predicted molar refractivity (Wildman–Crippen MR) is 109 cm³/mol. The van der Waals surface area contributed by atoms with Gasteiger partial charge in [0.05, 0.1) is 0 Å². The minimum absolute atomic E-state index is 0.0578. The molecule has 1 heterocycles. The van der Waals surface area contributed by atoms with Gasteiger partial charge >= 0.3 is 12.1 Å². The van der Waals surface area contributed by atoms with Crippen molar-refractivity contribution >= 4 is 18.0 Å². The van der Waals surface area contributed by atoms with E-state index in [1.165, 1.54) is 4.90 Å². The van der Waals surface area contributed by atoms with Crippen LogP contribution in [0, 0.1) is 5.92 Å². The zero-order valence-electron chi connectivity index (χ0n) is 17.9. The summed E-state index contributed by atoms with van der Waals surface area (Å²) in [5.41, 5.74) is 0.230. The van der Waals surface area contributed by atoms with Gasteiger partial charge in [0.15, 0.2) is 0 Å². The van der Waals surface area contributed by atoms with Crippen LogP contribution in [-0.2, 0) is 25.7 Å². The van der Waals surface area contributed by atoms with Crippen LogP contribution in [0.15, 0.2) is 30.3 Å². The van der Waals surface area contributed by atoms with E-state index in [4.69, 9.17) is 9.47 Å². The highest BCUT2D eigenvalue weighted by Crippen LogP contribution is 2.24. The topological polar surface area (TPSA) is 84.9 Å². The van der Waals surface area contributed by atoms with Crippen molar-refractivity contribution in [3.8, 4) is 0 Å². The van der Waals surface area contributed by atoms with Gasteiger partial charge < -0.3 is 19.7 Å². The summed E-state index contributed by atoms with van der Waals surface area (Å²) in [6.07, 6.45) is 0.506. The van der Waals surface area contributed by atoms with Gasteiger partial charge in [0.1, 0.15) is 24.3 Å². The summed E-state index contributed by atoms with van der Waals surface area (Å²) in [5.74, 6) is -0.747. The van der Waals surface area contributed by atoms with Gasteiger partial charge in [-0.15, -0.1) is 0 Å². The molecule has 0 aromatic heterocycles. The molecule has 29 heavy (non-hydrogen) atoms. The van der Waals surface area contributed by atoms with Crippen molar-refractivity contribution in [2.75, 3.05) is 6.54 Å². The average molecular weight is 405 g/mol. The van der Waals surface area contributed by atoms with Crippen LogP contribution in [0.4, 0.5) is 4.79 Å². The van der Waals surface area contributed by atoms with E-state index in [0.717, 1.165) is 12.0 Å². The number of hydrogen-bond donors (Lipinski definition) is 1. The zero-order valence-corrected chi connectivity index (χ0v) is 17.9. The summed E-state index contributed by atoms with van der Waals surface area (Å²) in [4.78, 5) is 39.3. The van der Waals surface area contributed by atoms with E-state index < -0.39 is 29.7 Å². The lowest BCUT2D eigenvalue weighted by atomic mass is 9.97. The molecule has 0 saturated carbocycles. The number of likely N-dealkylation sites (tertiary alicyclic amines) is 1. The largest absolute Gasteiger partial charge is 0.458 e. The van der Waals surface area contributed by atoms with Crippen LogP contribution in [0.5, 0.6) is 0 Å². The second kappa shape index (κ2) is 9.76. The maximum atomic E-state index is 12.9. The van der Waals surface area contributed by atoms with Crippen molar-refractivity contribution in [3.63, 3.8) is 0 Å². The van der Waals surface area contributed by atoms with Crippen LogP contribution in [-0.4, -0.2) is 47.1 Å². The molecule has 0 bridgehead atoms. The van der Waals surface area contributed by atoms with E-state index in [9.17, 15) is 14.4 Å². The number of nitrogens with zero attached hydrogens (tertiary/aromatic N) is 1. The van der Waals surface area contributed by atoms with Gasteiger partial charge in [-0.3, -0.25) is 4.79 Å². The van der Waals surface area contributed by atoms with Gasteiger partial charge in [-0.05, 0) is 38.7 Å². The quantitative estimate of drug-likeness (QED) is 0.705. The molecule has 0 aliphatic carbocycles. The highest BCUT2D eigenvalue weighted by Gasteiger charge is 2.43. The lowest BCUT2D eigenvalue weighted by Gasteiger charge is -2.33. The van der Waals surface area contributed by atoms with E-state index in [-0.39, 0.29) is 18.4 Å². The Morgan fingerprint density at radius 3 is 2.48 bits per heavy atom. The van der Waals surface area contributed by atoms with Crippen LogP contribution in [0.2, 0.25) is 0 Å².